The van der Waals surface area contributed by atoms with Crippen molar-refractivity contribution >= 4 is 11.8 Å². The number of piperidine rings is 1. The highest BCUT2D eigenvalue weighted by Gasteiger charge is 2.51. The van der Waals surface area contributed by atoms with Gasteiger partial charge in [0.25, 0.3) is 0 Å². The van der Waals surface area contributed by atoms with Crippen molar-refractivity contribution < 1.29 is 33.6 Å². The van der Waals surface area contributed by atoms with Crippen LogP contribution >= 0.6 is 0 Å². The van der Waals surface area contributed by atoms with Crippen LogP contribution in [0.5, 0.6) is 0 Å². The van der Waals surface area contributed by atoms with Gasteiger partial charge in [0.2, 0.25) is 0 Å². The van der Waals surface area contributed by atoms with Crippen molar-refractivity contribution in [2.75, 3.05) is 60.5 Å². The lowest BCUT2D eigenvalue weighted by molar-refractivity contribution is -0.295. The largest absolute Gasteiger partial charge is 0.463 e. The van der Waals surface area contributed by atoms with Gasteiger partial charge in [-0.05, 0) is 112 Å². The van der Waals surface area contributed by atoms with Crippen molar-refractivity contribution in [3.05, 3.63) is 0 Å². The minimum Gasteiger partial charge on any atom is -0.463 e. The molecule has 3 fully saturated rings. The van der Waals surface area contributed by atoms with E-state index in [9.17, 15) is 14.7 Å². The third-order valence-electron chi connectivity index (χ3n) is 10.7. The number of carbonyl (C=O) groups excluding carboxylic acids is 2. The fourth-order valence-electron chi connectivity index (χ4n) is 7.86. The second-order valence-corrected chi connectivity index (χ2v) is 15.1. The zero-order valence-corrected chi connectivity index (χ0v) is 30.0. The molecule has 0 amide bonds. The molecule has 3 rings (SSSR count). The van der Waals surface area contributed by atoms with Gasteiger partial charge in [0.15, 0.2) is 12.1 Å². The predicted octanol–water partition coefficient (Wildman–Crippen LogP) is 3.97. The molecule has 45 heavy (non-hydrogen) atoms. The summed E-state index contributed by atoms with van der Waals surface area (Å²) < 4.78 is 25.1. The molecule has 0 aromatic carbocycles. The van der Waals surface area contributed by atoms with E-state index in [1.807, 2.05) is 32.8 Å². The summed E-state index contributed by atoms with van der Waals surface area (Å²) in [6.45, 7) is 18.7. The van der Waals surface area contributed by atoms with Gasteiger partial charge in [-0.3, -0.25) is 14.5 Å². The number of ether oxygens (including phenoxy) is 4. The number of nitrogens with zero attached hydrogens (tertiary/aromatic N) is 3. The number of Topliss-reactive ketones (excluding diaryl/α,β-unsaturated/α-hetero) is 1. The number of ketones is 1. The zero-order valence-electron chi connectivity index (χ0n) is 30.0. The Morgan fingerprint density at radius 1 is 1.07 bits per heavy atom. The van der Waals surface area contributed by atoms with Crippen LogP contribution in [0.4, 0.5) is 0 Å². The second-order valence-electron chi connectivity index (χ2n) is 15.1. The minimum atomic E-state index is -1.39. The molecule has 0 saturated carbocycles. The SMILES string of the molecule is CCN1C[C@H](C)C[C@@](C)(OC)[C@H](O[C@@H]2O[C@H](C)C[C@H](N(C)C)[C@H]2O)[C@@H](C)C(=O)C(C)(C)C(=O)OC[C@H]1CCCN1CCCCC1. The molecule has 10 nitrogen and oxygen atoms in total. The number of likely N-dealkylation sites (tertiary alicyclic amines) is 1. The Morgan fingerprint density at radius 2 is 1.73 bits per heavy atom. The molecule has 0 unspecified atom stereocenters. The topological polar surface area (TPSA) is 101 Å². The first-order valence-electron chi connectivity index (χ1n) is 17.5. The molecular formula is C35H65N3O7. The zero-order chi connectivity index (χ0) is 33.5. The Morgan fingerprint density at radius 3 is 2.33 bits per heavy atom. The van der Waals surface area contributed by atoms with E-state index in [1.54, 1.807) is 27.9 Å². The van der Waals surface area contributed by atoms with E-state index in [0.717, 1.165) is 32.5 Å². The molecule has 0 spiro atoms. The molecule has 3 heterocycles. The number of methoxy groups -OCH3 is 1. The van der Waals surface area contributed by atoms with Crippen LogP contribution in [-0.4, -0.2) is 134 Å². The fourth-order valence-corrected chi connectivity index (χ4v) is 7.86. The molecule has 262 valence electrons. The van der Waals surface area contributed by atoms with Crippen LogP contribution < -0.4 is 0 Å². The quantitative estimate of drug-likeness (QED) is 0.295. The van der Waals surface area contributed by atoms with Gasteiger partial charge in [0, 0.05) is 31.7 Å². The van der Waals surface area contributed by atoms with Gasteiger partial charge < -0.3 is 33.9 Å². The molecule has 3 aliphatic heterocycles. The third kappa shape index (κ3) is 9.71. The first-order valence-corrected chi connectivity index (χ1v) is 17.5. The second kappa shape index (κ2) is 16.8. The van der Waals surface area contributed by atoms with Gasteiger partial charge in [0.1, 0.15) is 18.1 Å². The lowest BCUT2D eigenvalue weighted by Crippen LogP contribution is -2.59. The molecule has 10 heteroatoms. The first-order chi connectivity index (χ1) is 21.1. The average Bonchev–Trinajstić information content (AvgIpc) is 3.00. The third-order valence-corrected chi connectivity index (χ3v) is 10.7. The van der Waals surface area contributed by atoms with Crippen LogP contribution in [0.3, 0.4) is 0 Å². The van der Waals surface area contributed by atoms with Gasteiger partial charge >= 0.3 is 5.97 Å². The van der Waals surface area contributed by atoms with Crippen LogP contribution in [0.15, 0.2) is 0 Å². The molecule has 0 bridgehead atoms. The Hall–Kier alpha value is -1.14. The smallest absolute Gasteiger partial charge is 0.319 e. The summed E-state index contributed by atoms with van der Waals surface area (Å²) in [5.74, 6) is -1.34. The summed E-state index contributed by atoms with van der Waals surface area (Å²) in [7, 11) is 5.52. The van der Waals surface area contributed by atoms with Crippen molar-refractivity contribution in [2.45, 2.75) is 136 Å². The van der Waals surface area contributed by atoms with E-state index in [0.29, 0.717) is 12.8 Å². The van der Waals surface area contributed by atoms with Gasteiger partial charge in [-0.25, -0.2) is 0 Å². The monoisotopic (exact) mass is 639 g/mol. The molecule has 0 aromatic rings. The summed E-state index contributed by atoms with van der Waals surface area (Å²) in [5.41, 5.74) is -2.29. The lowest BCUT2D eigenvalue weighted by Gasteiger charge is -2.47. The maximum absolute atomic E-state index is 14.2. The van der Waals surface area contributed by atoms with Crippen molar-refractivity contribution in [2.24, 2.45) is 17.3 Å². The average molecular weight is 640 g/mol. The number of likely N-dealkylation sites (N-methyl/N-ethyl adjacent to an activating group) is 2. The van der Waals surface area contributed by atoms with E-state index in [4.69, 9.17) is 18.9 Å². The number of hydrogen-bond donors (Lipinski definition) is 1. The molecule has 0 aromatic heterocycles. The number of esters is 1. The van der Waals surface area contributed by atoms with E-state index in [2.05, 4.69) is 23.6 Å². The summed E-state index contributed by atoms with van der Waals surface area (Å²) in [6, 6.07) is -0.102. The summed E-state index contributed by atoms with van der Waals surface area (Å²) >= 11 is 0. The van der Waals surface area contributed by atoms with E-state index in [1.165, 1.54) is 32.4 Å². The van der Waals surface area contributed by atoms with Crippen LogP contribution in [0, 0.1) is 17.3 Å². The van der Waals surface area contributed by atoms with Crippen molar-refractivity contribution in [1.29, 1.82) is 0 Å². The number of rotatable bonds is 9. The number of cyclic esters (lactones) is 1. The molecule has 0 aliphatic carbocycles. The molecule has 3 aliphatic rings. The Kier molecular flexibility index (Phi) is 14.3. The van der Waals surface area contributed by atoms with Gasteiger partial charge in [-0.1, -0.05) is 27.2 Å². The van der Waals surface area contributed by atoms with Crippen LogP contribution in [-0.2, 0) is 28.5 Å². The lowest BCUT2D eigenvalue weighted by atomic mass is 9.74. The van der Waals surface area contributed by atoms with Gasteiger partial charge in [0.05, 0.1) is 17.8 Å². The van der Waals surface area contributed by atoms with Gasteiger partial charge in [-0.15, -0.1) is 0 Å². The van der Waals surface area contributed by atoms with E-state index >= 15 is 0 Å². The maximum Gasteiger partial charge on any atom is 0.319 e. The van der Waals surface area contributed by atoms with E-state index < -0.39 is 41.4 Å². The maximum atomic E-state index is 14.2. The minimum absolute atomic E-state index is 0.0614. The summed E-state index contributed by atoms with van der Waals surface area (Å²) in [4.78, 5) is 34.8. The Balaban J connectivity index is 1.91. The number of carbonyl (C=O) groups is 2. The Bertz CT molecular complexity index is 942. The van der Waals surface area contributed by atoms with Crippen LogP contribution in [0.1, 0.15) is 93.4 Å². The van der Waals surface area contributed by atoms with Crippen LogP contribution in [0.2, 0.25) is 0 Å². The highest BCUT2D eigenvalue weighted by atomic mass is 16.7. The predicted molar refractivity (Wildman–Crippen MR) is 176 cm³/mol. The summed E-state index contributed by atoms with van der Waals surface area (Å²) in [5, 5.41) is 11.3. The standard InChI is InChI=1S/C35H65N3O7/c1-11-38-22-24(2)21-35(7,42-10)31(45-32-29(39)28(36(8)9)20-25(3)44-32)26(4)30(40)34(5,6)33(41)43-23-27(38)16-15-19-37-17-13-12-14-18-37/h24-29,31-32,39H,11-23H2,1-10H3/t24-,25-,26+,27-,28+,29-,31-,32+,35-/m1/s1. The number of aliphatic hydroxyl groups is 1. The molecular weight excluding hydrogens is 574 g/mol. The summed E-state index contributed by atoms with van der Waals surface area (Å²) in [6.07, 6.45) is 4.30. The normalized spacial score (nSPS) is 38.3. The number of aliphatic hydroxyl groups excluding tert-OH is 1. The first kappa shape index (κ1) is 38.3. The van der Waals surface area contributed by atoms with Crippen molar-refractivity contribution in [1.82, 2.24) is 14.7 Å². The van der Waals surface area contributed by atoms with E-state index in [-0.39, 0.29) is 36.5 Å². The Labute approximate surface area is 273 Å². The molecule has 9 atom stereocenters. The fraction of sp³-hybridized carbons (Fsp3) is 0.943. The molecule has 1 N–H and O–H groups in total. The highest BCUT2D eigenvalue weighted by molar-refractivity contribution is 6.04. The van der Waals surface area contributed by atoms with Crippen molar-refractivity contribution in [3.63, 3.8) is 0 Å². The van der Waals surface area contributed by atoms with Crippen LogP contribution in [0.25, 0.3) is 0 Å². The highest BCUT2D eigenvalue weighted by Crippen LogP contribution is 2.38. The van der Waals surface area contributed by atoms with Gasteiger partial charge in [-0.2, -0.15) is 0 Å². The number of hydrogen-bond acceptors (Lipinski definition) is 10. The molecule has 3 saturated heterocycles. The van der Waals surface area contributed by atoms with Crippen molar-refractivity contribution in [3.8, 4) is 0 Å². The molecule has 0 radical (unpaired) electrons.